The zero-order chi connectivity index (χ0) is 12.0. The first kappa shape index (κ1) is 13.1. The first-order valence-corrected chi connectivity index (χ1v) is 6.02. The van der Waals surface area contributed by atoms with E-state index in [0.717, 1.165) is 16.8 Å². The highest BCUT2D eigenvalue weighted by Gasteiger charge is 2.10. The lowest BCUT2D eigenvalue weighted by Crippen LogP contribution is -2.20. The number of benzene rings is 1. The van der Waals surface area contributed by atoms with Gasteiger partial charge in [-0.25, -0.2) is 0 Å². The van der Waals surface area contributed by atoms with Gasteiger partial charge in [-0.3, -0.25) is 0 Å². The van der Waals surface area contributed by atoms with Crippen molar-refractivity contribution in [2.75, 3.05) is 13.7 Å². The van der Waals surface area contributed by atoms with Crippen molar-refractivity contribution in [2.24, 2.45) is 0 Å². The van der Waals surface area contributed by atoms with E-state index in [2.05, 4.69) is 34.1 Å². The zero-order valence-electron chi connectivity index (χ0n) is 9.59. The van der Waals surface area contributed by atoms with Crippen LogP contribution in [0, 0.1) is 12.3 Å². The normalized spacial score (nSPS) is 11.9. The van der Waals surface area contributed by atoms with E-state index in [1.165, 1.54) is 5.56 Å². The fraction of sp³-hybridized carbons (Fsp3) is 0.385. The van der Waals surface area contributed by atoms with E-state index in [0.29, 0.717) is 6.42 Å². The highest BCUT2D eigenvalue weighted by Crippen LogP contribution is 2.28. The molecule has 3 heteroatoms. The first-order chi connectivity index (χ1) is 7.72. The van der Waals surface area contributed by atoms with E-state index in [1.807, 2.05) is 18.2 Å². The van der Waals surface area contributed by atoms with Crippen LogP contribution in [0.25, 0.3) is 0 Å². The fourth-order valence-corrected chi connectivity index (χ4v) is 2.13. The summed E-state index contributed by atoms with van der Waals surface area (Å²) in [6.07, 6.45) is 6.05. The second-order valence-electron chi connectivity index (χ2n) is 3.41. The Hall–Kier alpha value is -0.980. The van der Waals surface area contributed by atoms with E-state index in [-0.39, 0.29) is 6.04 Å². The summed E-state index contributed by atoms with van der Waals surface area (Å²) in [7, 11) is 1.66. The SMILES string of the molecule is C#CCC(NCC)c1ccc(OC)c(Br)c1. The third-order valence-electron chi connectivity index (χ3n) is 2.35. The molecule has 0 aliphatic rings. The molecule has 0 fully saturated rings. The molecule has 1 atom stereocenters. The van der Waals surface area contributed by atoms with Crippen LogP contribution < -0.4 is 10.1 Å². The second kappa shape index (κ2) is 6.57. The molecule has 0 aromatic heterocycles. The van der Waals surface area contributed by atoms with Crippen LogP contribution in [0.5, 0.6) is 5.75 Å². The van der Waals surface area contributed by atoms with Gasteiger partial charge in [0.2, 0.25) is 0 Å². The van der Waals surface area contributed by atoms with Gasteiger partial charge in [0.25, 0.3) is 0 Å². The predicted octanol–water partition coefficient (Wildman–Crippen LogP) is 3.13. The Kier molecular flexibility index (Phi) is 5.37. The van der Waals surface area contributed by atoms with Crippen LogP contribution >= 0.6 is 15.9 Å². The number of hydrogen-bond acceptors (Lipinski definition) is 2. The summed E-state index contributed by atoms with van der Waals surface area (Å²) in [4.78, 5) is 0. The molecule has 1 N–H and O–H groups in total. The van der Waals surface area contributed by atoms with Gasteiger partial charge in [-0.15, -0.1) is 12.3 Å². The molecule has 2 nitrogen and oxygen atoms in total. The third kappa shape index (κ3) is 3.26. The molecule has 1 unspecified atom stereocenters. The molecule has 0 aliphatic carbocycles. The maximum atomic E-state index is 5.36. The number of rotatable bonds is 5. The predicted molar refractivity (Wildman–Crippen MR) is 70.6 cm³/mol. The minimum atomic E-state index is 0.206. The van der Waals surface area contributed by atoms with Gasteiger partial charge >= 0.3 is 0 Å². The van der Waals surface area contributed by atoms with Gasteiger partial charge < -0.3 is 10.1 Å². The Labute approximate surface area is 106 Å². The molecule has 1 aromatic carbocycles. The van der Waals surface area contributed by atoms with E-state index in [9.17, 15) is 0 Å². The van der Waals surface area contributed by atoms with Crippen molar-refractivity contribution in [3.8, 4) is 18.1 Å². The Morgan fingerprint density at radius 2 is 2.31 bits per heavy atom. The molecular formula is C13H16BrNO. The summed E-state index contributed by atoms with van der Waals surface area (Å²) in [6.45, 7) is 2.97. The standard InChI is InChI=1S/C13H16BrNO/c1-4-6-12(15-5-2)10-7-8-13(16-3)11(14)9-10/h1,7-9,12,15H,5-6H2,2-3H3. The average Bonchev–Trinajstić information content (AvgIpc) is 2.28. The van der Waals surface area contributed by atoms with Crippen molar-refractivity contribution in [1.29, 1.82) is 0 Å². The molecule has 86 valence electrons. The number of halogens is 1. The van der Waals surface area contributed by atoms with Gasteiger partial charge in [0, 0.05) is 12.5 Å². The summed E-state index contributed by atoms with van der Waals surface area (Å²) in [5, 5.41) is 3.36. The van der Waals surface area contributed by atoms with Gasteiger partial charge in [0.05, 0.1) is 11.6 Å². The minimum Gasteiger partial charge on any atom is -0.496 e. The molecule has 0 aliphatic heterocycles. The Morgan fingerprint density at radius 3 is 2.81 bits per heavy atom. The Morgan fingerprint density at radius 1 is 1.56 bits per heavy atom. The molecule has 0 saturated carbocycles. The third-order valence-corrected chi connectivity index (χ3v) is 2.97. The van der Waals surface area contributed by atoms with Crippen LogP contribution in [0.2, 0.25) is 0 Å². The monoisotopic (exact) mass is 281 g/mol. The van der Waals surface area contributed by atoms with Gasteiger partial charge in [0.15, 0.2) is 0 Å². The van der Waals surface area contributed by atoms with E-state index < -0.39 is 0 Å². The molecule has 1 rings (SSSR count). The van der Waals surface area contributed by atoms with Crippen LogP contribution in [0.15, 0.2) is 22.7 Å². The zero-order valence-corrected chi connectivity index (χ0v) is 11.2. The number of nitrogens with one attached hydrogen (secondary N) is 1. The van der Waals surface area contributed by atoms with Crippen LogP contribution in [-0.4, -0.2) is 13.7 Å². The van der Waals surface area contributed by atoms with E-state index in [1.54, 1.807) is 7.11 Å². The van der Waals surface area contributed by atoms with Crippen molar-refractivity contribution in [2.45, 2.75) is 19.4 Å². The minimum absolute atomic E-state index is 0.206. The summed E-state index contributed by atoms with van der Waals surface area (Å²) in [5.74, 6) is 3.52. The summed E-state index contributed by atoms with van der Waals surface area (Å²) in [5.41, 5.74) is 1.17. The summed E-state index contributed by atoms with van der Waals surface area (Å²) in [6, 6.07) is 6.23. The summed E-state index contributed by atoms with van der Waals surface area (Å²) < 4.78 is 6.14. The maximum Gasteiger partial charge on any atom is 0.133 e. The molecule has 0 saturated heterocycles. The highest BCUT2D eigenvalue weighted by atomic mass is 79.9. The van der Waals surface area contributed by atoms with Crippen LogP contribution in [0.4, 0.5) is 0 Å². The number of terminal acetylenes is 1. The Bertz CT molecular complexity index is 384. The maximum absolute atomic E-state index is 5.36. The van der Waals surface area contributed by atoms with Gasteiger partial charge in [-0.1, -0.05) is 13.0 Å². The van der Waals surface area contributed by atoms with Crippen molar-refractivity contribution >= 4 is 15.9 Å². The largest absolute Gasteiger partial charge is 0.496 e. The van der Waals surface area contributed by atoms with Gasteiger partial charge in [0.1, 0.15) is 5.75 Å². The molecule has 0 amide bonds. The lowest BCUT2D eigenvalue weighted by atomic mass is 10.0. The fourth-order valence-electron chi connectivity index (χ4n) is 1.57. The average molecular weight is 282 g/mol. The lowest BCUT2D eigenvalue weighted by molar-refractivity contribution is 0.411. The van der Waals surface area contributed by atoms with Crippen molar-refractivity contribution in [3.05, 3.63) is 28.2 Å². The summed E-state index contributed by atoms with van der Waals surface area (Å²) >= 11 is 3.47. The molecule has 16 heavy (non-hydrogen) atoms. The van der Waals surface area contributed by atoms with Crippen LogP contribution in [-0.2, 0) is 0 Å². The van der Waals surface area contributed by atoms with Crippen molar-refractivity contribution in [1.82, 2.24) is 5.32 Å². The molecule has 0 radical (unpaired) electrons. The van der Waals surface area contributed by atoms with Crippen LogP contribution in [0.3, 0.4) is 0 Å². The number of ether oxygens (including phenoxy) is 1. The molecule has 0 spiro atoms. The number of hydrogen-bond donors (Lipinski definition) is 1. The molecule has 0 heterocycles. The molecule has 0 bridgehead atoms. The topological polar surface area (TPSA) is 21.3 Å². The molecular weight excluding hydrogens is 266 g/mol. The second-order valence-corrected chi connectivity index (χ2v) is 4.27. The lowest BCUT2D eigenvalue weighted by Gasteiger charge is -2.16. The number of methoxy groups -OCH3 is 1. The van der Waals surface area contributed by atoms with Crippen molar-refractivity contribution < 1.29 is 4.74 Å². The smallest absolute Gasteiger partial charge is 0.133 e. The highest BCUT2D eigenvalue weighted by molar-refractivity contribution is 9.10. The van der Waals surface area contributed by atoms with E-state index >= 15 is 0 Å². The van der Waals surface area contributed by atoms with Crippen molar-refractivity contribution in [3.63, 3.8) is 0 Å². The van der Waals surface area contributed by atoms with E-state index in [4.69, 9.17) is 11.2 Å². The molecule has 1 aromatic rings. The van der Waals surface area contributed by atoms with Crippen LogP contribution in [0.1, 0.15) is 24.9 Å². The van der Waals surface area contributed by atoms with Gasteiger partial charge in [-0.2, -0.15) is 0 Å². The Balaban J connectivity index is 2.93. The first-order valence-electron chi connectivity index (χ1n) is 5.23. The quantitative estimate of drug-likeness (QED) is 0.838. The van der Waals surface area contributed by atoms with Gasteiger partial charge in [-0.05, 0) is 40.2 Å².